The molecule has 0 spiro atoms. The van der Waals surface area contributed by atoms with Crippen LogP contribution in [0.3, 0.4) is 0 Å². The molecule has 1 aliphatic rings. The molecule has 2 atom stereocenters. The third-order valence-corrected chi connectivity index (χ3v) is 6.96. The van der Waals surface area contributed by atoms with Crippen LogP contribution in [0.5, 0.6) is 0 Å². The summed E-state index contributed by atoms with van der Waals surface area (Å²) >= 11 is 0.755. The molecular weight excluding hydrogens is 513 g/mol. The first-order chi connectivity index (χ1) is 17.5. The van der Waals surface area contributed by atoms with Crippen molar-refractivity contribution in [1.82, 2.24) is 14.5 Å². The second kappa shape index (κ2) is 11.2. The van der Waals surface area contributed by atoms with Crippen LogP contribution < -0.4 is 15.6 Å². The van der Waals surface area contributed by atoms with Crippen molar-refractivity contribution in [3.8, 4) is 11.1 Å². The van der Waals surface area contributed by atoms with Gasteiger partial charge in [0.05, 0.1) is 12.1 Å². The summed E-state index contributed by atoms with van der Waals surface area (Å²) in [6.07, 6.45) is -2.02. The molecule has 1 aromatic carbocycles. The average Bonchev–Trinajstić information content (AvgIpc) is 2.81. The van der Waals surface area contributed by atoms with Crippen molar-refractivity contribution in [2.75, 3.05) is 15.8 Å². The Morgan fingerprint density at radius 2 is 2.00 bits per heavy atom. The summed E-state index contributed by atoms with van der Waals surface area (Å²) in [5.74, 6) is -0.639. The van der Waals surface area contributed by atoms with E-state index in [0.717, 1.165) is 24.8 Å². The fourth-order valence-corrected chi connectivity index (χ4v) is 5.14. The second-order valence-corrected chi connectivity index (χ2v) is 10.3. The number of anilines is 2. The van der Waals surface area contributed by atoms with Gasteiger partial charge in [0.15, 0.2) is 0 Å². The van der Waals surface area contributed by atoms with Crippen LogP contribution in [0.1, 0.15) is 52.0 Å². The van der Waals surface area contributed by atoms with Gasteiger partial charge in [0.1, 0.15) is 17.6 Å². The van der Waals surface area contributed by atoms with Gasteiger partial charge < -0.3 is 10.0 Å². The molecule has 4 rings (SSSR count). The Balaban J connectivity index is 1.61. The lowest BCUT2D eigenvalue weighted by molar-refractivity contribution is -0.129. The van der Waals surface area contributed by atoms with E-state index in [-0.39, 0.29) is 34.6 Å². The van der Waals surface area contributed by atoms with Crippen molar-refractivity contribution in [1.29, 1.82) is 0 Å². The summed E-state index contributed by atoms with van der Waals surface area (Å²) in [6, 6.07) is 5.35. The van der Waals surface area contributed by atoms with Gasteiger partial charge in [0.25, 0.3) is 5.56 Å². The summed E-state index contributed by atoms with van der Waals surface area (Å²) in [6.45, 7) is 3.67. The highest BCUT2D eigenvalue weighted by Crippen LogP contribution is 2.29. The van der Waals surface area contributed by atoms with Gasteiger partial charge in [0.2, 0.25) is 5.95 Å². The Labute approximate surface area is 215 Å². The molecule has 0 bridgehead atoms. The highest BCUT2D eigenvalue weighted by atomic mass is 32.2. The van der Waals surface area contributed by atoms with Crippen molar-refractivity contribution in [2.24, 2.45) is 0 Å². The molecule has 0 saturated heterocycles. The van der Waals surface area contributed by atoms with Gasteiger partial charge in [0, 0.05) is 35.0 Å². The summed E-state index contributed by atoms with van der Waals surface area (Å²) in [5, 5.41) is 3.75. The zero-order valence-electron chi connectivity index (χ0n) is 20.4. The summed E-state index contributed by atoms with van der Waals surface area (Å²) in [4.78, 5) is 22.4. The van der Waals surface area contributed by atoms with Crippen molar-refractivity contribution in [3.63, 3.8) is 0 Å². The van der Waals surface area contributed by atoms with Crippen LogP contribution in [0.25, 0.3) is 22.2 Å². The number of rotatable bonds is 8. The van der Waals surface area contributed by atoms with E-state index in [4.69, 9.17) is 0 Å². The number of pyridine rings is 1. The van der Waals surface area contributed by atoms with Crippen molar-refractivity contribution >= 4 is 34.6 Å². The van der Waals surface area contributed by atoms with E-state index in [2.05, 4.69) is 20.0 Å². The monoisotopic (exact) mass is 541 g/mol. The van der Waals surface area contributed by atoms with Crippen molar-refractivity contribution in [2.45, 2.75) is 70.4 Å². The molecule has 6 nitrogen and oxygen atoms in total. The Kier molecular flexibility index (Phi) is 8.25. The third-order valence-electron chi connectivity index (χ3n) is 6.18. The van der Waals surface area contributed by atoms with Gasteiger partial charge in [-0.15, -0.1) is 0 Å². The summed E-state index contributed by atoms with van der Waals surface area (Å²) in [5.41, 5.74) is 0.636. The number of hydrogen-bond donors (Lipinski definition) is 2. The first kappa shape index (κ1) is 27.2. The number of aromatic nitrogens is 3. The largest absolute Gasteiger partial charge is 0.389 e. The normalized spacial score (nSPS) is 18.4. The standard InChI is InChI=1S/C25H28F5N5OS/c1-14(2)35-22-16(13-31-24(33-22)32-18-5-3-4-17(26)12-18)10-19(23(35)36)15-6-7-21(20(27)11-15)34-37-9-8-25(28,29)30/h6-7,10-11,13-14,17-18,34H,3-5,8-9,12H2,1-2H3,(H,31,32,33). The van der Waals surface area contributed by atoms with E-state index in [1.54, 1.807) is 12.3 Å². The maximum Gasteiger partial charge on any atom is 0.389 e. The van der Waals surface area contributed by atoms with Gasteiger partial charge in [-0.1, -0.05) is 18.0 Å². The van der Waals surface area contributed by atoms with Crippen molar-refractivity contribution < 1.29 is 22.0 Å². The molecule has 0 aliphatic heterocycles. The maximum absolute atomic E-state index is 14.7. The molecule has 1 saturated carbocycles. The minimum atomic E-state index is -4.28. The van der Waals surface area contributed by atoms with Gasteiger partial charge in [-0.2, -0.15) is 18.2 Å². The van der Waals surface area contributed by atoms with Crippen LogP contribution in [0.15, 0.2) is 35.3 Å². The quantitative estimate of drug-likeness (QED) is 0.184. The third kappa shape index (κ3) is 6.71. The predicted octanol–water partition coefficient (Wildman–Crippen LogP) is 6.88. The number of hydrogen-bond acceptors (Lipinski definition) is 6. The van der Waals surface area contributed by atoms with Gasteiger partial charge in [-0.25, -0.2) is 13.8 Å². The fraction of sp³-hybridized carbons (Fsp3) is 0.480. The van der Waals surface area contributed by atoms with Crippen LogP contribution >= 0.6 is 11.9 Å². The molecule has 0 amide bonds. The maximum atomic E-state index is 14.7. The first-order valence-corrected chi connectivity index (χ1v) is 13.1. The smallest absolute Gasteiger partial charge is 0.351 e. The van der Waals surface area contributed by atoms with Crippen LogP contribution in [0.2, 0.25) is 0 Å². The van der Waals surface area contributed by atoms with Crippen LogP contribution in [0.4, 0.5) is 33.6 Å². The van der Waals surface area contributed by atoms with E-state index < -0.39 is 24.6 Å². The number of alkyl halides is 4. The molecule has 12 heteroatoms. The SMILES string of the molecule is CC(C)n1c(=O)c(-c2ccc(NSCCC(F)(F)F)c(F)c2)cc2cnc(NC3CCCC(F)C3)nc21. The molecule has 2 N–H and O–H groups in total. The number of nitrogens with zero attached hydrogens (tertiary/aromatic N) is 3. The Bertz CT molecular complexity index is 1310. The zero-order chi connectivity index (χ0) is 26.7. The molecule has 1 fully saturated rings. The van der Waals surface area contributed by atoms with E-state index in [1.807, 2.05) is 13.8 Å². The highest BCUT2D eigenvalue weighted by molar-refractivity contribution is 8.00. The Hall–Kier alpha value is -2.89. The van der Waals surface area contributed by atoms with Gasteiger partial charge >= 0.3 is 6.18 Å². The van der Waals surface area contributed by atoms with Crippen molar-refractivity contribution in [3.05, 3.63) is 46.6 Å². The lowest BCUT2D eigenvalue weighted by atomic mass is 9.94. The second-order valence-electron chi connectivity index (χ2n) is 9.41. The molecule has 2 aromatic heterocycles. The Morgan fingerprint density at radius 1 is 1.22 bits per heavy atom. The molecule has 1 aliphatic carbocycles. The number of nitrogens with one attached hydrogen (secondary N) is 2. The average molecular weight is 542 g/mol. The van der Waals surface area contributed by atoms with Gasteiger partial charge in [-0.3, -0.25) is 9.36 Å². The molecule has 0 radical (unpaired) electrons. The van der Waals surface area contributed by atoms with Crippen LogP contribution in [-0.4, -0.2) is 38.7 Å². The summed E-state index contributed by atoms with van der Waals surface area (Å²) < 4.78 is 69.6. The molecular formula is C25H28F5N5OS. The first-order valence-electron chi connectivity index (χ1n) is 12.1. The van der Waals surface area contributed by atoms with Crippen LogP contribution in [0, 0.1) is 5.82 Å². The zero-order valence-corrected chi connectivity index (χ0v) is 21.2. The number of fused-ring (bicyclic) bond motifs is 1. The van der Waals surface area contributed by atoms with E-state index >= 15 is 0 Å². The summed E-state index contributed by atoms with van der Waals surface area (Å²) in [7, 11) is 0. The minimum Gasteiger partial charge on any atom is -0.351 e. The molecule has 37 heavy (non-hydrogen) atoms. The van der Waals surface area contributed by atoms with Crippen LogP contribution in [-0.2, 0) is 0 Å². The molecule has 2 heterocycles. The molecule has 3 aromatic rings. The minimum absolute atomic E-state index is 0.0261. The number of benzene rings is 1. The lowest BCUT2D eigenvalue weighted by Gasteiger charge is -2.25. The van der Waals surface area contributed by atoms with E-state index in [1.165, 1.54) is 22.8 Å². The van der Waals surface area contributed by atoms with E-state index in [9.17, 15) is 26.7 Å². The predicted molar refractivity (Wildman–Crippen MR) is 137 cm³/mol. The topological polar surface area (TPSA) is 71.8 Å². The number of halogens is 5. The highest BCUT2D eigenvalue weighted by Gasteiger charge is 2.26. The molecule has 2 unspecified atom stereocenters. The molecule has 200 valence electrons. The van der Waals surface area contributed by atoms with Gasteiger partial charge in [-0.05, 0) is 63.3 Å². The lowest BCUT2D eigenvalue weighted by Crippen LogP contribution is -2.29. The fourth-order valence-electron chi connectivity index (χ4n) is 4.38. The van der Waals surface area contributed by atoms with E-state index in [0.29, 0.717) is 35.4 Å². The Morgan fingerprint density at radius 3 is 2.68 bits per heavy atom.